The fourth-order valence-corrected chi connectivity index (χ4v) is 2.15. The Labute approximate surface area is 110 Å². The quantitative estimate of drug-likeness (QED) is 0.589. The molecule has 0 amide bonds. The number of rotatable bonds is 6. The maximum absolute atomic E-state index is 11.4. The van der Waals surface area contributed by atoms with Crippen molar-refractivity contribution in [3.05, 3.63) is 0 Å². The lowest BCUT2D eigenvalue weighted by atomic mass is 9.95. The molecule has 1 rings (SSSR count). The molecule has 0 aromatic carbocycles. The Bertz CT molecular complexity index is 233. The summed E-state index contributed by atoms with van der Waals surface area (Å²) in [5.74, 6) is 0.257. The summed E-state index contributed by atoms with van der Waals surface area (Å²) in [5, 5.41) is 0. The maximum atomic E-state index is 11.4. The Hall–Kier alpha value is -0.0600. The molecule has 0 aromatic rings. The van der Waals surface area contributed by atoms with E-state index in [9.17, 15) is 4.79 Å². The third-order valence-electron chi connectivity index (χ3n) is 3.12. The number of ether oxygens (including phenoxy) is 2. The summed E-state index contributed by atoms with van der Waals surface area (Å²) in [5.41, 5.74) is -0.0000119. The van der Waals surface area contributed by atoms with Crippen LogP contribution in [0.25, 0.3) is 0 Å². The van der Waals surface area contributed by atoms with E-state index in [0.29, 0.717) is 6.10 Å². The smallest absolute Gasteiger partial charge is 0.160 e. The predicted molar refractivity (Wildman–Crippen MR) is 71.4 cm³/mol. The lowest BCUT2D eigenvalue weighted by Crippen LogP contribution is -2.29. The molecule has 17 heavy (non-hydrogen) atoms. The van der Waals surface area contributed by atoms with Crippen LogP contribution in [0.5, 0.6) is 0 Å². The first-order chi connectivity index (χ1) is 7.99. The van der Waals surface area contributed by atoms with Crippen molar-refractivity contribution in [2.24, 2.45) is 5.92 Å². The molecule has 1 unspecified atom stereocenters. The van der Waals surface area contributed by atoms with E-state index in [-0.39, 0.29) is 29.8 Å². The van der Waals surface area contributed by atoms with Gasteiger partial charge in [-0.25, -0.2) is 0 Å². The van der Waals surface area contributed by atoms with Gasteiger partial charge in [0.1, 0.15) is 6.61 Å². The molecule has 1 aliphatic rings. The summed E-state index contributed by atoms with van der Waals surface area (Å²) in [6.07, 6.45) is 4.51. The minimum Gasteiger partial charge on any atom is -0.370 e. The summed E-state index contributed by atoms with van der Waals surface area (Å²) in [6, 6.07) is 0. The van der Waals surface area contributed by atoms with Gasteiger partial charge in [-0.2, -0.15) is 0 Å². The minimum atomic E-state index is -0.0000119. The molecule has 1 fully saturated rings. The van der Waals surface area contributed by atoms with Crippen molar-refractivity contribution in [2.75, 3.05) is 6.61 Å². The molecule has 0 N–H and O–H groups in total. The van der Waals surface area contributed by atoms with E-state index in [2.05, 4.69) is 12.6 Å². The van der Waals surface area contributed by atoms with E-state index >= 15 is 0 Å². The minimum absolute atomic E-state index is 0.0000119. The molecule has 0 spiro atoms. The highest BCUT2D eigenvalue weighted by Crippen LogP contribution is 2.24. The van der Waals surface area contributed by atoms with Crippen molar-refractivity contribution >= 4 is 18.4 Å². The predicted octanol–water partition coefficient (Wildman–Crippen LogP) is 2.83. The average molecular weight is 260 g/mol. The lowest BCUT2D eigenvalue weighted by Gasteiger charge is -2.29. The van der Waals surface area contributed by atoms with Crippen molar-refractivity contribution in [3.8, 4) is 0 Å². The summed E-state index contributed by atoms with van der Waals surface area (Å²) < 4.78 is 11.3. The van der Waals surface area contributed by atoms with Crippen molar-refractivity contribution in [1.82, 2.24) is 0 Å². The van der Waals surface area contributed by atoms with E-state index in [0.717, 1.165) is 25.7 Å². The topological polar surface area (TPSA) is 35.5 Å². The van der Waals surface area contributed by atoms with Crippen LogP contribution in [0.4, 0.5) is 0 Å². The maximum Gasteiger partial charge on any atom is 0.160 e. The zero-order chi connectivity index (χ0) is 12.8. The van der Waals surface area contributed by atoms with Gasteiger partial charge in [0, 0.05) is 5.92 Å². The molecule has 0 aromatic heterocycles. The summed E-state index contributed by atoms with van der Waals surface area (Å²) in [7, 11) is 0. The standard InChI is InChI=1S/C13H24O3S/c1-9(2)13(14)8-15-11-4-6-12(7-5-11)16-10(3)17/h9-12,17H,4-8H2,1-3H3. The Morgan fingerprint density at radius 2 is 1.71 bits per heavy atom. The number of ketones is 1. The molecule has 0 aliphatic heterocycles. The Morgan fingerprint density at radius 3 is 2.18 bits per heavy atom. The van der Waals surface area contributed by atoms with Gasteiger partial charge >= 0.3 is 0 Å². The molecular formula is C13H24O3S. The second-order valence-electron chi connectivity index (χ2n) is 5.07. The van der Waals surface area contributed by atoms with Crippen LogP contribution in [-0.2, 0) is 14.3 Å². The van der Waals surface area contributed by atoms with Crippen LogP contribution in [-0.4, -0.2) is 30.0 Å². The van der Waals surface area contributed by atoms with E-state index in [4.69, 9.17) is 9.47 Å². The monoisotopic (exact) mass is 260 g/mol. The van der Waals surface area contributed by atoms with Crippen molar-refractivity contribution in [2.45, 2.75) is 64.1 Å². The molecule has 3 nitrogen and oxygen atoms in total. The van der Waals surface area contributed by atoms with Gasteiger partial charge in [-0.15, -0.1) is 12.6 Å². The number of hydrogen-bond acceptors (Lipinski definition) is 4. The van der Waals surface area contributed by atoms with Crippen LogP contribution in [0.3, 0.4) is 0 Å². The van der Waals surface area contributed by atoms with Crippen LogP contribution in [0.1, 0.15) is 46.5 Å². The van der Waals surface area contributed by atoms with Crippen molar-refractivity contribution in [1.29, 1.82) is 0 Å². The molecule has 0 bridgehead atoms. The second kappa shape index (κ2) is 7.39. The number of thiol groups is 1. The largest absolute Gasteiger partial charge is 0.370 e. The second-order valence-corrected chi connectivity index (χ2v) is 5.79. The first-order valence-corrected chi connectivity index (χ1v) is 6.98. The van der Waals surface area contributed by atoms with Gasteiger partial charge in [0.05, 0.1) is 17.6 Å². The molecule has 1 saturated carbocycles. The molecule has 0 saturated heterocycles. The summed E-state index contributed by atoms with van der Waals surface area (Å²) in [4.78, 5) is 11.4. The molecule has 1 atom stereocenters. The Morgan fingerprint density at radius 1 is 1.18 bits per heavy atom. The van der Waals surface area contributed by atoms with Crippen LogP contribution in [0.2, 0.25) is 0 Å². The summed E-state index contributed by atoms with van der Waals surface area (Å²) in [6.45, 7) is 6.01. The van der Waals surface area contributed by atoms with Gasteiger partial charge in [-0.1, -0.05) is 13.8 Å². The Balaban J connectivity index is 2.17. The molecule has 0 radical (unpaired) electrons. The normalized spacial score (nSPS) is 27.1. The van der Waals surface area contributed by atoms with E-state index in [1.165, 1.54) is 0 Å². The third-order valence-corrected chi connectivity index (χ3v) is 3.24. The zero-order valence-electron chi connectivity index (χ0n) is 11.0. The molecule has 4 heteroatoms. The fourth-order valence-electron chi connectivity index (χ4n) is 1.98. The van der Waals surface area contributed by atoms with Gasteiger partial charge in [0.2, 0.25) is 0 Å². The van der Waals surface area contributed by atoms with E-state index in [1.807, 2.05) is 20.8 Å². The molecule has 100 valence electrons. The van der Waals surface area contributed by atoms with Gasteiger partial charge in [0.15, 0.2) is 5.78 Å². The first kappa shape index (κ1) is 15.0. The number of carbonyl (C=O) groups excluding carboxylic acids is 1. The first-order valence-electron chi connectivity index (χ1n) is 6.47. The van der Waals surface area contributed by atoms with Crippen LogP contribution < -0.4 is 0 Å². The van der Waals surface area contributed by atoms with Crippen molar-refractivity contribution in [3.63, 3.8) is 0 Å². The molecule has 0 heterocycles. The van der Waals surface area contributed by atoms with Gasteiger partial charge in [-0.3, -0.25) is 4.79 Å². The highest BCUT2D eigenvalue weighted by atomic mass is 32.1. The molecule has 1 aliphatic carbocycles. The number of carbonyl (C=O) groups is 1. The fraction of sp³-hybridized carbons (Fsp3) is 0.923. The van der Waals surface area contributed by atoms with Crippen LogP contribution >= 0.6 is 12.6 Å². The number of Topliss-reactive ketones (excluding diaryl/α,β-unsaturated/α-hetero) is 1. The number of hydrogen-bond donors (Lipinski definition) is 1. The third kappa shape index (κ3) is 5.89. The van der Waals surface area contributed by atoms with Crippen molar-refractivity contribution < 1.29 is 14.3 Å². The zero-order valence-corrected chi connectivity index (χ0v) is 11.9. The molecular weight excluding hydrogens is 236 g/mol. The summed E-state index contributed by atoms with van der Waals surface area (Å²) >= 11 is 4.22. The van der Waals surface area contributed by atoms with E-state index < -0.39 is 0 Å². The SMILES string of the molecule is CC(S)OC1CCC(OCC(=O)C(C)C)CC1. The van der Waals surface area contributed by atoms with Crippen LogP contribution in [0, 0.1) is 5.92 Å². The van der Waals surface area contributed by atoms with Gasteiger partial charge < -0.3 is 9.47 Å². The van der Waals surface area contributed by atoms with Gasteiger partial charge in [0.25, 0.3) is 0 Å². The highest BCUT2D eigenvalue weighted by Gasteiger charge is 2.23. The highest BCUT2D eigenvalue weighted by molar-refractivity contribution is 7.80. The average Bonchev–Trinajstić information content (AvgIpc) is 2.26. The Kier molecular flexibility index (Phi) is 6.52. The van der Waals surface area contributed by atoms with Gasteiger partial charge in [-0.05, 0) is 32.6 Å². The lowest BCUT2D eigenvalue weighted by molar-refractivity contribution is -0.130. The van der Waals surface area contributed by atoms with Crippen LogP contribution in [0.15, 0.2) is 0 Å². The van der Waals surface area contributed by atoms with E-state index in [1.54, 1.807) is 0 Å².